The molecule has 4 rings (SSSR count). The van der Waals surface area contributed by atoms with E-state index >= 15 is 0 Å². The Labute approximate surface area is 145 Å². The number of fused-ring (bicyclic) bond motifs is 1. The Kier molecular flexibility index (Phi) is 3.55. The number of likely N-dealkylation sites (tertiary alicyclic amines) is 2. The summed E-state index contributed by atoms with van der Waals surface area (Å²) >= 11 is 0. The molecule has 9 heteroatoms. The smallest absolute Gasteiger partial charge is 0.293 e. The third-order valence-electron chi connectivity index (χ3n) is 5.59. The normalized spacial score (nSPS) is 31.4. The van der Waals surface area contributed by atoms with Crippen LogP contribution in [-0.4, -0.2) is 75.4 Å². The van der Waals surface area contributed by atoms with Crippen LogP contribution >= 0.6 is 0 Å². The minimum atomic E-state index is -0.637. The van der Waals surface area contributed by atoms with Crippen LogP contribution in [0.15, 0.2) is 0 Å². The molecule has 1 aromatic rings. The van der Waals surface area contributed by atoms with Crippen LogP contribution in [0.1, 0.15) is 29.8 Å². The summed E-state index contributed by atoms with van der Waals surface area (Å²) in [5, 5.41) is 9.38. The average molecular weight is 346 g/mol. The molecule has 0 saturated carbocycles. The van der Waals surface area contributed by atoms with Crippen LogP contribution in [0.4, 0.5) is 0 Å². The van der Waals surface area contributed by atoms with Crippen LogP contribution in [0.2, 0.25) is 0 Å². The van der Waals surface area contributed by atoms with Crippen molar-refractivity contribution in [1.82, 2.24) is 30.3 Å². The van der Waals surface area contributed by atoms with Gasteiger partial charge in [0.25, 0.3) is 5.91 Å². The van der Waals surface area contributed by atoms with E-state index in [2.05, 4.69) is 20.5 Å². The van der Waals surface area contributed by atoms with Crippen LogP contribution in [0, 0.1) is 24.2 Å². The Morgan fingerprint density at radius 2 is 1.80 bits per heavy atom. The number of H-pyrrole nitrogens is 1. The molecule has 134 valence electrons. The van der Waals surface area contributed by atoms with Crippen LogP contribution in [0.5, 0.6) is 0 Å². The highest BCUT2D eigenvalue weighted by atomic mass is 16.2. The zero-order chi connectivity index (χ0) is 17.8. The molecule has 0 aliphatic carbocycles. The van der Waals surface area contributed by atoms with E-state index in [0.29, 0.717) is 38.5 Å². The van der Waals surface area contributed by atoms with Crippen molar-refractivity contribution < 1.29 is 14.4 Å². The number of amides is 3. The van der Waals surface area contributed by atoms with Crippen molar-refractivity contribution >= 4 is 17.7 Å². The fraction of sp³-hybridized carbons (Fsp3) is 0.688. The van der Waals surface area contributed by atoms with Gasteiger partial charge in [-0.25, -0.2) is 4.98 Å². The summed E-state index contributed by atoms with van der Waals surface area (Å²) in [5.41, 5.74) is -0.637. The van der Waals surface area contributed by atoms with E-state index in [1.165, 1.54) is 0 Å². The lowest BCUT2D eigenvalue weighted by Gasteiger charge is -2.28. The summed E-state index contributed by atoms with van der Waals surface area (Å²) < 4.78 is 0. The number of carbonyl (C=O) groups is 3. The Morgan fingerprint density at radius 3 is 2.32 bits per heavy atom. The van der Waals surface area contributed by atoms with Crippen molar-refractivity contribution in [3.63, 3.8) is 0 Å². The molecule has 25 heavy (non-hydrogen) atoms. The van der Waals surface area contributed by atoms with Gasteiger partial charge in [-0.3, -0.25) is 19.5 Å². The molecule has 0 bridgehead atoms. The average Bonchev–Trinajstić information content (AvgIpc) is 3.29. The SMILES string of the molecule is Cc1nc(C(=O)N2C[C@@H]3CN(C(=O)C4(C)CNC(=O)C4)C[C@@H]3C2)n[nH]1. The van der Waals surface area contributed by atoms with Crippen LogP contribution in [-0.2, 0) is 9.59 Å². The van der Waals surface area contributed by atoms with Crippen molar-refractivity contribution in [2.45, 2.75) is 20.3 Å². The molecule has 3 amide bonds. The molecular formula is C16H22N6O3. The highest BCUT2D eigenvalue weighted by molar-refractivity contribution is 5.92. The number of nitrogens with one attached hydrogen (secondary N) is 2. The molecular weight excluding hydrogens is 324 g/mol. The second-order valence-corrected chi connectivity index (χ2v) is 7.70. The third-order valence-corrected chi connectivity index (χ3v) is 5.59. The fourth-order valence-corrected chi connectivity index (χ4v) is 4.21. The second-order valence-electron chi connectivity index (χ2n) is 7.70. The second kappa shape index (κ2) is 5.53. The zero-order valence-corrected chi connectivity index (χ0v) is 14.4. The van der Waals surface area contributed by atoms with Crippen molar-refractivity contribution in [2.75, 3.05) is 32.7 Å². The van der Waals surface area contributed by atoms with Gasteiger partial charge in [0.1, 0.15) is 5.82 Å². The summed E-state index contributed by atoms with van der Waals surface area (Å²) in [4.78, 5) is 44.5. The Bertz CT molecular complexity index is 732. The standard InChI is InChI=1S/C16H22N6O3/c1-9-18-13(20-19-9)14(24)21-4-10-6-22(7-11(10)5-21)15(25)16(2)3-12(23)17-8-16/h10-11H,3-8H2,1-2H3,(H,17,23)(H,18,19,20)/t10-,11+,16?. The number of rotatable bonds is 2. The Morgan fingerprint density at radius 1 is 1.16 bits per heavy atom. The molecule has 1 unspecified atom stereocenters. The Balaban J connectivity index is 1.38. The van der Waals surface area contributed by atoms with Gasteiger partial charge in [0, 0.05) is 51.0 Å². The van der Waals surface area contributed by atoms with E-state index < -0.39 is 5.41 Å². The molecule has 3 aliphatic rings. The van der Waals surface area contributed by atoms with Crippen LogP contribution < -0.4 is 5.32 Å². The van der Waals surface area contributed by atoms with E-state index in [0.717, 1.165) is 0 Å². The van der Waals surface area contributed by atoms with Gasteiger partial charge in [0.05, 0.1) is 5.41 Å². The lowest BCUT2D eigenvalue weighted by molar-refractivity contribution is -0.140. The van der Waals surface area contributed by atoms with E-state index in [-0.39, 0.29) is 41.8 Å². The molecule has 1 aromatic heterocycles. The molecule has 2 N–H and O–H groups in total. The number of nitrogens with zero attached hydrogens (tertiary/aromatic N) is 4. The highest BCUT2D eigenvalue weighted by Gasteiger charge is 2.49. The number of hydrogen-bond acceptors (Lipinski definition) is 5. The number of aryl methyl sites for hydroxylation is 1. The van der Waals surface area contributed by atoms with Gasteiger partial charge in [-0.05, 0) is 13.8 Å². The maximum absolute atomic E-state index is 12.8. The van der Waals surface area contributed by atoms with E-state index in [1.54, 1.807) is 11.8 Å². The molecule has 0 aromatic carbocycles. The first-order valence-corrected chi connectivity index (χ1v) is 8.60. The van der Waals surface area contributed by atoms with Gasteiger partial charge in [0.15, 0.2) is 0 Å². The molecule has 4 heterocycles. The molecule has 3 saturated heterocycles. The van der Waals surface area contributed by atoms with Crippen LogP contribution in [0.25, 0.3) is 0 Å². The summed E-state index contributed by atoms with van der Waals surface area (Å²) in [7, 11) is 0. The summed E-state index contributed by atoms with van der Waals surface area (Å²) in [5.74, 6) is 1.20. The van der Waals surface area contributed by atoms with Crippen molar-refractivity contribution in [3.05, 3.63) is 11.6 Å². The summed E-state index contributed by atoms with van der Waals surface area (Å²) in [6.45, 7) is 6.54. The summed E-state index contributed by atoms with van der Waals surface area (Å²) in [6.07, 6.45) is 0.256. The molecule has 9 nitrogen and oxygen atoms in total. The first-order chi connectivity index (χ1) is 11.9. The van der Waals surface area contributed by atoms with Crippen molar-refractivity contribution in [1.29, 1.82) is 0 Å². The maximum Gasteiger partial charge on any atom is 0.293 e. The number of hydrogen-bond donors (Lipinski definition) is 2. The lowest BCUT2D eigenvalue weighted by atomic mass is 9.88. The first-order valence-electron chi connectivity index (χ1n) is 8.60. The predicted molar refractivity (Wildman–Crippen MR) is 86.3 cm³/mol. The number of aromatic nitrogens is 3. The molecule has 3 atom stereocenters. The molecule has 0 spiro atoms. The summed E-state index contributed by atoms with van der Waals surface area (Å²) in [6, 6.07) is 0. The van der Waals surface area contributed by atoms with Gasteiger partial charge in [0.2, 0.25) is 17.6 Å². The number of carbonyl (C=O) groups excluding carboxylic acids is 3. The highest BCUT2D eigenvalue weighted by Crippen LogP contribution is 2.36. The van der Waals surface area contributed by atoms with Gasteiger partial charge in [-0.2, -0.15) is 0 Å². The largest absolute Gasteiger partial charge is 0.355 e. The molecule has 3 fully saturated rings. The maximum atomic E-state index is 12.8. The molecule has 0 radical (unpaired) electrons. The van der Waals surface area contributed by atoms with E-state index in [4.69, 9.17) is 0 Å². The predicted octanol–water partition coefficient (Wildman–Crippen LogP) is -0.830. The quantitative estimate of drug-likeness (QED) is 0.726. The van der Waals surface area contributed by atoms with Gasteiger partial charge >= 0.3 is 0 Å². The lowest BCUT2D eigenvalue weighted by Crippen LogP contribution is -2.44. The number of aromatic amines is 1. The van der Waals surface area contributed by atoms with Gasteiger partial charge < -0.3 is 15.1 Å². The van der Waals surface area contributed by atoms with Gasteiger partial charge in [-0.15, -0.1) is 5.10 Å². The monoisotopic (exact) mass is 346 g/mol. The minimum absolute atomic E-state index is 0.0442. The third kappa shape index (κ3) is 2.67. The zero-order valence-electron chi connectivity index (χ0n) is 14.4. The van der Waals surface area contributed by atoms with E-state index in [1.807, 2.05) is 11.8 Å². The minimum Gasteiger partial charge on any atom is -0.355 e. The van der Waals surface area contributed by atoms with Crippen molar-refractivity contribution in [3.8, 4) is 0 Å². The fourth-order valence-electron chi connectivity index (χ4n) is 4.21. The molecule has 3 aliphatic heterocycles. The van der Waals surface area contributed by atoms with Crippen molar-refractivity contribution in [2.24, 2.45) is 17.3 Å². The van der Waals surface area contributed by atoms with Crippen LogP contribution in [0.3, 0.4) is 0 Å². The topological polar surface area (TPSA) is 111 Å². The van der Waals surface area contributed by atoms with E-state index in [9.17, 15) is 14.4 Å². The first kappa shape index (κ1) is 16.0. The Hall–Kier alpha value is -2.45. The van der Waals surface area contributed by atoms with Gasteiger partial charge in [-0.1, -0.05) is 0 Å².